The average Bonchev–Trinajstić information content (AvgIpc) is 2.51. The number of carbonyl (C=O) groups is 1. The van der Waals surface area contributed by atoms with Gasteiger partial charge in [0.05, 0.1) is 12.1 Å². The largest absolute Gasteiger partial charge is 0.371 e. The molecule has 14 heavy (non-hydrogen) atoms. The van der Waals surface area contributed by atoms with Crippen molar-refractivity contribution in [1.29, 1.82) is 0 Å². The van der Waals surface area contributed by atoms with Crippen LogP contribution >= 0.6 is 0 Å². The molecule has 0 amide bonds. The zero-order chi connectivity index (χ0) is 10.6. The van der Waals surface area contributed by atoms with Crippen LogP contribution in [0, 0.1) is 0 Å². The van der Waals surface area contributed by atoms with Crippen LogP contribution in [0.15, 0.2) is 6.20 Å². The summed E-state index contributed by atoms with van der Waals surface area (Å²) in [7, 11) is 1.77. The third-order valence-corrected chi connectivity index (χ3v) is 1.88. The molecule has 1 unspecified atom stereocenters. The Hall–Kier alpha value is -1.23. The summed E-state index contributed by atoms with van der Waals surface area (Å²) < 4.78 is 6.76. The van der Waals surface area contributed by atoms with Crippen molar-refractivity contribution in [2.24, 2.45) is 7.05 Å². The lowest BCUT2D eigenvalue weighted by molar-refractivity contribution is -0.128. The number of Topliss-reactive ketones (excluding diaryl/α,β-unsaturated/α-hetero) is 1. The van der Waals surface area contributed by atoms with E-state index in [1.807, 2.05) is 6.92 Å². The molecule has 1 atom stereocenters. The van der Waals surface area contributed by atoms with Gasteiger partial charge in [-0.25, -0.2) is 0 Å². The van der Waals surface area contributed by atoms with Crippen molar-refractivity contribution in [3.63, 3.8) is 0 Å². The van der Waals surface area contributed by atoms with Gasteiger partial charge in [0.15, 0.2) is 5.78 Å². The van der Waals surface area contributed by atoms with Crippen LogP contribution < -0.4 is 0 Å². The first-order valence-electron chi connectivity index (χ1n) is 4.63. The highest BCUT2D eigenvalue weighted by Crippen LogP contribution is 2.00. The van der Waals surface area contributed by atoms with E-state index < -0.39 is 0 Å². The van der Waals surface area contributed by atoms with Crippen molar-refractivity contribution < 1.29 is 9.53 Å². The molecule has 1 aromatic rings. The zero-order valence-corrected chi connectivity index (χ0v) is 8.73. The second-order valence-electron chi connectivity index (χ2n) is 3.12. The van der Waals surface area contributed by atoms with E-state index in [9.17, 15) is 4.79 Å². The van der Waals surface area contributed by atoms with Gasteiger partial charge in [0.2, 0.25) is 0 Å². The number of hydrogen-bond acceptors (Lipinski definition) is 4. The van der Waals surface area contributed by atoms with Crippen molar-refractivity contribution >= 4 is 5.78 Å². The van der Waals surface area contributed by atoms with Crippen LogP contribution in [-0.4, -0.2) is 33.5 Å². The number of aryl methyl sites for hydroxylation is 1. The van der Waals surface area contributed by atoms with Gasteiger partial charge in [-0.1, -0.05) is 5.21 Å². The second-order valence-corrected chi connectivity index (χ2v) is 3.12. The molecule has 1 aromatic heterocycles. The van der Waals surface area contributed by atoms with Gasteiger partial charge < -0.3 is 4.74 Å². The highest BCUT2D eigenvalue weighted by molar-refractivity contribution is 5.84. The van der Waals surface area contributed by atoms with Crippen molar-refractivity contribution in [2.75, 3.05) is 6.61 Å². The van der Waals surface area contributed by atoms with E-state index in [-0.39, 0.29) is 18.3 Å². The van der Waals surface area contributed by atoms with Gasteiger partial charge in [-0.15, -0.1) is 5.10 Å². The summed E-state index contributed by atoms with van der Waals surface area (Å²) >= 11 is 0. The molecule has 5 nitrogen and oxygen atoms in total. The van der Waals surface area contributed by atoms with Crippen molar-refractivity contribution in [1.82, 2.24) is 15.0 Å². The van der Waals surface area contributed by atoms with Crippen molar-refractivity contribution in [2.45, 2.75) is 26.4 Å². The van der Waals surface area contributed by atoms with Gasteiger partial charge in [-0.3, -0.25) is 9.48 Å². The fourth-order valence-electron chi connectivity index (χ4n) is 1.14. The Kier molecular flexibility index (Phi) is 3.76. The lowest BCUT2D eigenvalue weighted by Gasteiger charge is -2.08. The van der Waals surface area contributed by atoms with Crippen LogP contribution in [0.4, 0.5) is 0 Å². The maximum Gasteiger partial charge on any atom is 0.167 e. The van der Waals surface area contributed by atoms with Crippen LogP contribution in [0.25, 0.3) is 0 Å². The Balaban J connectivity index is 2.48. The molecule has 0 aliphatic rings. The maximum absolute atomic E-state index is 11.5. The molecule has 0 aliphatic heterocycles. The third kappa shape index (κ3) is 2.92. The minimum atomic E-state index is -0.359. The number of nitrogens with zero attached hydrogens (tertiary/aromatic N) is 3. The fraction of sp³-hybridized carbons (Fsp3) is 0.667. The Morgan fingerprint density at radius 1 is 1.71 bits per heavy atom. The predicted octanol–water partition coefficient (Wildman–Crippen LogP) is 0.352. The number of rotatable bonds is 5. The molecular formula is C9H15N3O2. The molecule has 1 rings (SSSR count). The highest BCUT2D eigenvalue weighted by atomic mass is 16.5. The molecule has 0 saturated heterocycles. The van der Waals surface area contributed by atoms with E-state index in [0.29, 0.717) is 12.3 Å². The molecule has 0 bridgehead atoms. The third-order valence-electron chi connectivity index (χ3n) is 1.88. The lowest BCUT2D eigenvalue weighted by atomic mass is 10.1. The molecule has 0 aliphatic carbocycles. The molecule has 0 spiro atoms. The highest BCUT2D eigenvalue weighted by Gasteiger charge is 2.14. The monoisotopic (exact) mass is 197 g/mol. The summed E-state index contributed by atoms with van der Waals surface area (Å²) in [6.45, 7) is 4.17. The van der Waals surface area contributed by atoms with E-state index in [0.717, 1.165) is 0 Å². The van der Waals surface area contributed by atoms with Crippen LogP contribution in [0.2, 0.25) is 0 Å². The Morgan fingerprint density at radius 3 is 2.93 bits per heavy atom. The quantitative estimate of drug-likeness (QED) is 0.683. The fourth-order valence-corrected chi connectivity index (χ4v) is 1.14. The summed E-state index contributed by atoms with van der Waals surface area (Å²) in [4.78, 5) is 11.5. The lowest BCUT2D eigenvalue weighted by Crippen LogP contribution is -2.22. The van der Waals surface area contributed by atoms with Gasteiger partial charge in [-0.05, 0) is 13.8 Å². The molecule has 1 heterocycles. The summed E-state index contributed by atoms with van der Waals surface area (Å²) in [5, 5.41) is 7.58. The van der Waals surface area contributed by atoms with E-state index in [4.69, 9.17) is 4.74 Å². The van der Waals surface area contributed by atoms with Crippen molar-refractivity contribution in [3.8, 4) is 0 Å². The van der Waals surface area contributed by atoms with E-state index in [2.05, 4.69) is 10.3 Å². The molecule has 0 saturated carbocycles. The van der Waals surface area contributed by atoms with Crippen LogP contribution in [0.3, 0.4) is 0 Å². The normalized spacial score (nSPS) is 12.8. The number of carbonyl (C=O) groups excluding carboxylic acids is 1. The van der Waals surface area contributed by atoms with Gasteiger partial charge in [0.25, 0.3) is 0 Å². The summed E-state index contributed by atoms with van der Waals surface area (Å²) in [6, 6.07) is 0. The molecule has 0 fully saturated rings. The first kappa shape index (κ1) is 10.8. The minimum absolute atomic E-state index is 0.0346. The number of aromatic nitrogens is 3. The molecule has 0 aromatic carbocycles. The van der Waals surface area contributed by atoms with Gasteiger partial charge in [0.1, 0.15) is 6.10 Å². The number of hydrogen-bond donors (Lipinski definition) is 0. The molecule has 0 N–H and O–H groups in total. The Morgan fingerprint density at radius 2 is 2.43 bits per heavy atom. The van der Waals surface area contributed by atoms with Crippen molar-refractivity contribution in [3.05, 3.63) is 11.9 Å². The molecule has 78 valence electrons. The van der Waals surface area contributed by atoms with E-state index >= 15 is 0 Å². The minimum Gasteiger partial charge on any atom is -0.371 e. The van der Waals surface area contributed by atoms with Crippen LogP contribution in [-0.2, 0) is 23.0 Å². The van der Waals surface area contributed by atoms with Gasteiger partial charge in [-0.2, -0.15) is 0 Å². The second kappa shape index (κ2) is 4.85. The Labute approximate surface area is 83.1 Å². The predicted molar refractivity (Wildman–Crippen MR) is 50.8 cm³/mol. The molecular weight excluding hydrogens is 182 g/mol. The summed E-state index contributed by atoms with van der Waals surface area (Å²) in [5.41, 5.74) is 0.684. The number of ether oxygens (including phenoxy) is 1. The molecule has 0 radical (unpaired) electrons. The maximum atomic E-state index is 11.5. The number of ketones is 1. The van der Waals surface area contributed by atoms with E-state index in [1.54, 1.807) is 24.9 Å². The first-order chi connectivity index (χ1) is 6.63. The van der Waals surface area contributed by atoms with Gasteiger partial charge >= 0.3 is 0 Å². The molecule has 5 heteroatoms. The van der Waals surface area contributed by atoms with Gasteiger partial charge in [0, 0.05) is 19.9 Å². The average molecular weight is 197 g/mol. The summed E-state index contributed by atoms with van der Waals surface area (Å²) in [5.74, 6) is 0.0346. The SMILES string of the molecule is CCOC(C)C(=O)Cc1cn(C)nn1. The topological polar surface area (TPSA) is 57.0 Å². The smallest absolute Gasteiger partial charge is 0.167 e. The standard InChI is InChI=1S/C9H15N3O2/c1-4-14-7(2)9(13)5-8-6-12(3)11-10-8/h6-7H,4-5H2,1-3H3. The Bertz CT molecular complexity index is 309. The first-order valence-corrected chi connectivity index (χ1v) is 4.63. The van der Waals surface area contributed by atoms with E-state index in [1.165, 1.54) is 0 Å². The van der Waals surface area contributed by atoms with Crippen LogP contribution in [0.5, 0.6) is 0 Å². The van der Waals surface area contributed by atoms with Crippen LogP contribution in [0.1, 0.15) is 19.5 Å². The zero-order valence-electron chi connectivity index (χ0n) is 8.73. The summed E-state index contributed by atoms with van der Waals surface area (Å²) in [6.07, 6.45) is 1.66.